The van der Waals surface area contributed by atoms with E-state index in [0.717, 1.165) is 24.4 Å². The minimum absolute atomic E-state index is 0.466. The summed E-state index contributed by atoms with van der Waals surface area (Å²) in [7, 11) is 2.29. The van der Waals surface area contributed by atoms with E-state index in [0.29, 0.717) is 5.41 Å². The summed E-state index contributed by atoms with van der Waals surface area (Å²) < 4.78 is 0. The second-order valence-electron chi connectivity index (χ2n) is 7.56. The summed E-state index contributed by atoms with van der Waals surface area (Å²) in [6, 6.07) is 0.732. The van der Waals surface area contributed by atoms with E-state index in [9.17, 15) is 0 Å². The molecule has 3 heteroatoms. The van der Waals surface area contributed by atoms with Crippen molar-refractivity contribution in [1.29, 1.82) is 0 Å². The van der Waals surface area contributed by atoms with Gasteiger partial charge in [0.05, 0.1) is 0 Å². The smallest absolute Gasteiger partial charge is 0.0108 e. The molecular weight excluding hydrogens is 264 g/mol. The van der Waals surface area contributed by atoms with Gasteiger partial charge in [0.15, 0.2) is 0 Å². The number of thioether (sulfide) groups is 1. The summed E-state index contributed by atoms with van der Waals surface area (Å²) >= 11 is 1.95. The Morgan fingerprint density at radius 2 is 1.95 bits per heavy atom. The normalized spacial score (nSPS) is 28.1. The quantitative estimate of drug-likeness (QED) is 0.771. The third kappa shape index (κ3) is 5.95. The van der Waals surface area contributed by atoms with Crippen LogP contribution in [0.5, 0.6) is 0 Å². The van der Waals surface area contributed by atoms with Gasteiger partial charge in [-0.1, -0.05) is 27.7 Å². The maximum Gasteiger partial charge on any atom is 0.0108 e. The van der Waals surface area contributed by atoms with Gasteiger partial charge in [0.1, 0.15) is 0 Å². The van der Waals surface area contributed by atoms with E-state index in [-0.39, 0.29) is 0 Å². The third-order valence-corrected chi connectivity index (χ3v) is 5.49. The molecule has 1 saturated carbocycles. The lowest BCUT2D eigenvalue weighted by molar-refractivity contribution is 0.0954. The summed E-state index contributed by atoms with van der Waals surface area (Å²) in [6.45, 7) is 13.1. The molecule has 1 aliphatic rings. The standard InChI is InChI=1S/C17H36N2S/c1-7-18-16-9-8-15(17(2,3)4)12-14(16)13-19(5)10-11-20-6/h14-16,18H,7-13H2,1-6H3. The second kappa shape index (κ2) is 8.65. The molecule has 120 valence electrons. The van der Waals surface area contributed by atoms with Crippen molar-refractivity contribution in [2.75, 3.05) is 38.7 Å². The van der Waals surface area contributed by atoms with Crippen molar-refractivity contribution in [2.45, 2.75) is 53.0 Å². The first-order valence-electron chi connectivity index (χ1n) is 8.29. The van der Waals surface area contributed by atoms with Crippen LogP contribution in [0.15, 0.2) is 0 Å². The number of nitrogens with one attached hydrogen (secondary N) is 1. The van der Waals surface area contributed by atoms with Crippen LogP contribution in [0.25, 0.3) is 0 Å². The minimum atomic E-state index is 0.466. The second-order valence-corrected chi connectivity index (χ2v) is 8.54. The summed E-state index contributed by atoms with van der Waals surface area (Å²) in [4.78, 5) is 2.54. The molecule has 0 spiro atoms. The molecule has 1 rings (SSSR count). The zero-order chi connectivity index (χ0) is 15.2. The van der Waals surface area contributed by atoms with Gasteiger partial charge >= 0.3 is 0 Å². The first-order chi connectivity index (χ1) is 9.38. The lowest BCUT2D eigenvalue weighted by Crippen LogP contribution is -2.47. The Morgan fingerprint density at radius 1 is 1.25 bits per heavy atom. The van der Waals surface area contributed by atoms with Crippen molar-refractivity contribution in [3.8, 4) is 0 Å². The van der Waals surface area contributed by atoms with Crippen LogP contribution < -0.4 is 5.32 Å². The Kier molecular flexibility index (Phi) is 7.92. The predicted octanol–water partition coefficient (Wildman–Crippen LogP) is 3.72. The van der Waals surface area contributed by atoms with Crippen molar-refractivity contribution in [1.82, 2.24) is 10.2 Å². The van der Waals surface area contributed by atoms with Gasteiger partial charge in [-0.2, -0.15) is 11.8 Å². The van der Waals surface area contributed by atoms with Crippen molar-refractivity contribution < 1.29 is 0 Å². The van der Waals surface area contributed by atoms with E-state index in [1.807, 2.05) is 11.8 Å². The average Bonchev–Trinajstić information content (AvgIpc) is 2.37. The van der Waals surface area contributed by atoms with Gasteiger partial charge in [0, 0.05) is 24.9 Å². The fourth-order valence-corrected chi connectivity index (χ4v) is 4.02. The molecule has 3 atom stereocenters. The molecule has 3 unspecified atom stereocenters. The zero-order valence-corrected chi connectivity index (χ0v) is 15.4. The Labute approximate surface area is 131 Å². The summed E-state index contributed by atoms with van der Waals surface area (Å²) in [6.07, 6.45) is 6.35. The van der Waals surface area contributed by atoms with Crippen LogP contribution in [-0.4, -0.2) is 49.6 Å². The lowest BCUT2D eigenvalue weighted by Gasteiger charge is -2.43. The minimum Gasteiger partial charge on any atom is -0.314 e. The van der Waals surface area contributed by atoms with E-state index in [1.54, 1.807) is 0 Å². The molecule has 1 N–H and O–H groups in total. The van der Waals surface area contributed by atoms with Crippen LogP contribution in [-0.2, 0) is 0 Å². The lowest BCUT2D eigenvalue weighted by atomic mass is 9.67. The van der Waals surface area contributed by atoms with Gasteiger partial charge < -0.3 is 10.2 Å². The number of hydrogen-bond acceptors (Lipinski definition) is 3. The van der Waals surface area contributed by atoms with Crippen LogP contribution in [0.4, 0.5) is 0 Å². The number of nitrogens with zero attached hydrogens (tertiary/aromatic N) is 1. The maximum absolute atomic E-state index is 3.74. The molecule has 0 heterocycles. The van der Waals surface area contributed by atoms with Gasteiger partial charge in [-0.25, -0.2) is 0 Å². The van der Waals surface area contributed by atoms with E-state index >= 15 is 0 Å². The van der Waals surface area contributed by atoms with E-state index in [1.165, 1.54) is 38.1 Å². The number of rotatable bonds is 7. The Morgan fingerprint density at radius 3 is 2.50 bits per heavy atom. The van der Waals surface area contributed by atoms with Gasteiger partial charge in [-0.15, -0.1) is 0 Å². The monoisotopic (exact) mass is 300 g/mol. The van der Waals surface area contributed by atoms with Crippen LogP contribution in [0.3, 0.4) is 0 Å². The Bertz CT molecular complexity index is 262. The van der Waals surface area contributed by atoms with Gasteiger partial charge in [-0.3, -0.25) is 0 Å². The summed E-state index contributed by atoms with van der Waals surface area (Å²) in [5, 5.41) is 3.74. The van der Waals surface area contributed by atoms with Crippen LogP contribution in [0.2, 0.25) is 0 Å². The SMILES string of the molecule is CCNC1CCC(C(C)(C)C)CC1CN(C)CCSC. The Balaban J connectivity index is 2.58. The molecule has 0 aromatic carbocycles. The molecule has 0 aliphatic heterocycles. The van der Waals surface area contributed by atoms with Crippen LogP contribution in [0, 0.1) is 17.3 Å². The molecule has 0 aromatic heterocycles. The molecule has 20 heavy (non-hydrogen) atoms. The van der Waals surface area contributed by atoms with Crippen molar-refractivity contribution >= 4 is 11.8 Å². The molecule has 2 nitrogen and oxygen atoms in total. The summed E-state index contributed by atoms with van der Waals surface area (Å²) in [5.74, 6) is 2.95. The van der Waals surface area contributed by atoms with E-state index in [4.69, 9.17) is 0 Å². The van der Waals surface area contributed by atoms with E-state index < -0.39 is 0 Å². The highest BCUT2D eigenvalue weighted by Crippen LogP contribution is 2.40. The van der Waals surface area contributed by atoms with Gasteiger partial charge in [0.25, 0.3) is 0 Å². The van der Waals surface area contributed by atoms with Crippen LogP contribution in [0.1, 0.15) is 47.0 Å². The maximum atomic E-state index is 3.74. The highest BCUT2D eigenvalue weighted by Gasteiger charge is 2.35. The first-order valence-corrected chi connectivity index (χ1v) is 9.68. The fourth-order valence-electron chi connectivity index (χ4n) is 3.52. The Hall–Kier alpha value is 0.270. The molecule has 1 fully saturated rings. The zero-order valence-electron chi connectivity index (χ0n) is 14.5. The van der Waals surface area contributed by atoms with Gasteiger partial charge in [-0.05, 0) is 56.4 Å². The highest BCUT2D eigenvalue weighted by molar-refractivity contribution is 7.98. The topological polar surface area (TPSA) is 15.3 Å². The predicted molar refractivity (Wildman–Crippen MR) is 93.6 cm³/mol. The number of hydrogen-bond donors (Lipinski definition) is 1. The molecule has 0 aromatic rings. The van der Waals surface area contributed by atoms with Crippen molar-refractivity contribution in [3.05, 3.63) is 0 Å². The first kappa shape index (κ1) is 18.3. The fraction of sp³-hybridized carbons (Fsp3) is 1.00. The van der Waals surface area contributed by atoms with Gasteiger partial charge in [0.2, 0.25) is 0 Å². The van der Waals surface area contributed by atoms with Crippen molar-refractivity contribution in [2.24, 2.45) is 17.3 Å². The van der Waals surface area contributed by atoms with Crippen molar-refractivity contribution in [3.63, 3.8) is 0 Å². The average molecular weight is 301 g/mol. The van der Waals surface area contributed by atoms with E-state index in [2.05, 4.69) is 51.2 Å². The molecular formula is C17H36N2S. The molecule has 0 saturated heterocycles. The molecule has 0 radical (unpaired) electrons. The molecule has 0 bridgehead atoms. The third-order valence-electron chi connectivity index (χ3n) is 4.90. The molecule has 1 aliphatic carbocycles. The van der Waals surface area contributed by atoms with Crippen LogP contribution >= 0.6 is 11.8 Å². The summed E-state index contributed by atoms with van der Waals surface area (Å²) in [5.41, 5.74) is 0.466. The molecule has 0 amide bonds. The largest absolute Gasteiger partial charge is 0.314 e. The highest BCUT2D eigenvalue weighted by atomic mass is 32.2.